The topological polar surface area (TPSA) is 117 Å². The number of anilines is 6. The predicted molar refractivity (Wildman–Crippen MR) is 164 cm³/mol. The van der Waals surface area contributed by atoms with Gasteiger partial charge < -0.3 is 35.1 Å². The van der Waals surface area contributed by atoms with Crippen LogP contribution in [0.15, 0.2) is 80.2 Å². The Labute approximate surface area is 239 Å². The molecule has 0 radical (unpaired) electrons. The van der Waals surface area contributed by atoms with E-state index in [-0.39, 0.29) is 11.8 Å². The molecule has 0 fully saturated rings. The molecule has 11 heteroatoms. The van der Waals surface area contributed by atoms with Gasteiger partial charge >= 0.3 is 0 Å². The molecule has 4 aromatic rings. The van der Waals surface area contributed by atoms with Gasteiger partial charge in [-0.05, 0) is 30.4 Å². The van der Waals surface area contributed by atoms with Gasteiger partial charge in [0.1, 0.15) is 11.6 Å². The van der Waals surface area contributed by atoms with Crippen molar-refractivity contribution in [1.82, 2.24) is 19.4 Å². The van der Waals surface area contributed by atoms with Gasteiger partial charge in [-0.1, -0.05) is 31.4 Å². The average Bonchev–Trinajstić information content (AvgIpc) is 3.30. The highest BCUT2D eigenvalue weighted by Crippen LogP contribution is 2.38. The van der Waals surface area contributed by atoms with Crippen LogP contribution in [0.2, 0.25) is 0 Å². The number of benzene rings is 2. The average molecular weight is 555 g/mol. The number of methoxy groups -OCH3 is 1. The molecule has 0 spiro atoms. The number of amides is 2. The number of aromatic nitrogens is 3. The van der Waals surface area contributed by atoms with Crippen LogP contribution in [0.5, 0.6) is 5.75 Å². The second kappa shape index (κ2) is 12.7. The molecular formula is C30H34N8O3. The largest absolute Gasteiger partial charge is 0.494 e. The Hall–Kier alpha value is -5.32. The second-order valence-electron chi connectivity index (χ2n) is 9.33. The predicted octanol–water partition coefficient (Wildman–Crippen LogP) is 4.67. The summed E-state index contributed by atoms with van der Waals surface area (Å²) in [7, 11) is 7.12. The smallest absolute Gasteiger partial charge is 0.247 e. The van der Waals surface area contributed by atoms with Crippen LogP contribution in [-0.4, -0.2) is 65.5 Å². The van der Waals surface area contributed by atoms with E-state index < -0.39 is 0 Å². The molecule has 2 aromatic heterocycles. The van der Waals surface area contributed by atoms with Crippen molar-refractivity contribution in [3.8, 4) is 5.75 Å². The lowest BCUT2D eigenvalue weighted by molar-refractivity contribution is -0.124. The minimum absolute atomic E-state index is 0.173. The van der Waals surface area contributed by atoms with Gasteiger partial charge in [0.05, 0.1) is 29.9 Å². The molecule has 2 heterocycles. The van der Waals surface area contributed by atoms with Crippen LogP contribution in [0.1, 0.15) is 0 Å². The van der Waals surface area contributed by atoms with Gasteiger partial charge in [-0.25, -0.2) is 4.98 Å². The molecule has 0 aliphatic heterocycles. The Morgan fingerprint density at radius 3 is 2.54 bits per heavy atom. The Morgan fingerprint density at radius 2 is 1.80 bits per heavy atom. The number of hydrogen-bond donors (Lipinski definition) is 3. The van der Waals surface area contributed by atoms with Crippen LogP contribution < -0.4 is 25.6 Å². The lowest BCUT2D eigenvalue weighted by Crippen LogP contribution is -2.34. The van der Waals surface area contributed by atoms with Crippen molar-refractivity contribution in [2.75, 3.05) is 55.1 Å². The Kier molecular flexibility index (Phi) is 8.88. The first-order valence-corrected chi connectivity index (χ1v) is 12.9. The van der Waals surface area contributed by atoms with Gasteiger partial charge in [-0.3, -0.25) is 9.59 Å². The molecule has 0 saturated carbocycles. The summed E-state index contributed by atoms with van der Waals surface area (Å²) >= 11 is 0. The van der Waals surface area contributed by atoms with E-state index in [9.17, 15) is 9.59 Å². The first kappa shape index (κ1) is 28.7. The summed E-state index contributed by atoms with van der Waals surface area (Å²) in [6.07, 6.45) is 6.13. The number of nitrogens with zero attached hydrogens (tertiary/aromatic N) is 5. The minimum atomic E-state index is -0.368. The SMILES string of the molecule is C=CC(=O)Nc1cc(Nc2nccc(Nc3cn(C)c4ccccc34)n2)c(OC)cc1N(C)CCN(C)C(=O)C=C. The summed E-state index contributed by atoms with van der Waals surface area (Å²) in [6.45, 7) is 8.03. The molecule has 0 atom stereocenters. The van der Waals surface area contributed by atoms with Crippen molar-refractivity contribution >= 4 is 57.2 Å². The number of nitrogens with one attached hydrogen (secondary N) is 3. The fourth-order valence-corrected chi connectivity index (χ4v) is 4.31. The summed E-state index contributed by atoms with van der Waals surface area (Å²) in [4.78, 5) is 36.7. The summed E-state index contributed by atoms with van der Waals surface area (Å²) in [6, 6.07) is 13.4. The van der Waals surface area contributed by atoms with E-state index in [2.05, 4.69) is 55.8 Å². The summed E-state index contributed by atoms with van der Waals surface area (Å²) in [5.41, 5.74) is 3.78. The molecule has 4 rings (SSSR count). The zero-order valence-corrected chi connectivity index (χ0v) is 23.6. The minimum Gasteiger partial charge on any atom is -0.494 e. The molecule has 0 aliphatic rings. The van der Waals surface area contributed by atoms with E-state index in [1.807, 2.05) is 37.3 Å². The maximum Gasteiger partial charge on any atom is 0.247 e. The molecular weight excluding hydrogens is 520 g/mol. The van der Waals surface area contributed by atoms with Crippen LogP contribution in [0.3, 0.4) is 0 Å². The molecule has 0 saturated heterocycles. The van der Waals surface area contributed by atoms with Crippen LogP contribution in [-0.2, 0) is 16.6 Å². The van der Waals surface area contributed by atoms with Crippen LogP contribution in [0.4, 0.5) is 34.5 Å². The van der Waals surface area contributed by atoms with Gasteiger partial charge in [-0.2, -0.15) is 4.98 Å². The maximum absolute atomic E-state index is 12.3. The molecule has 0 bridgehead atoms. The Morgan fingerprint density at radius 1 is 1.02 bits per heavy atom. The molecule has 2 aromatic carbocycles. The van der Waals surface area contributed by atoms with E-state index in [1.54, 1.807) is 43.5 Å². The number of aryl methyl sites for hydroxylation is 1. The van der Waals surface area contributed by atoms with E-state index in [0.717, 1.165) is 16.6 Å². The highest BCUT2D eigenvalue weighted by Gasteiger charge is 2.17. The van der Waals surface area contributed by atoms with Crippen LogP contribution in [0, 0.1) is 0 Å². The van der Waals surface area contributed by atoms with E-state index in [1.165, 1.54) is 12.2 Å². The number of carbonyl (C=O) groups is 2. The fraction of sp³-hybridized carbons (Fsp3) is 0.200. The molecule has 41 heavy (non-hydrogen) atoms. The van der Waals surface area contributed by atoms with Crippen molar-refractivity contribution in [3.05, 3.63) is 80.2 Å². The first-order valence-electron chi connectivity index (χ1n) is 12.9. The van der Waals surface area contributed by atoms with Crippen molar-refractivity contribution in [3.63, 3.8) is 0 Å². The van der Waals surface area contributed by atoms with Gasteiger partial charge in [0.15, 0.2) is 0 Å². The van der Waals surface area contributed by atoms with Gasteiger partial charge in [0.2, 0.25) is 17.8 Å². The zero-order valence-electron chi connectivity index (χ0n) is 23.6. The summed E-state index contributed by atoms with van der Waals surface area (Å²) < 4.78 is 7.73. The normalized spacial score (nSPS) is 10.5. The third-order valence-corrected chi connectivity index (χ3v) is 6.56. The molecule has 11 nitrogen and oxygen atoms in total. The number of fused-ring (bicyclic) bond motifs is 1. The van der Waals surface area contributed by atoms with Gasteiger partial charge in [0.25, 0.3) is 0 Å². The van der Waals surface area contributed by atoms with Crippen molar-refractivity contribution in [2.24, 2.45) is 7.05 Å². The van der Waals surface area contributed by atoms with Gasteiger partial charge in [-0.15, -0.1) is 0 Å². The fourth-order valence-electron chi connectivity index (χ4n) is 4.31. The lowest BCUT2D eigenvalue weighted by atomic mass is 10.2. The zero-order chi connectivity index (χ0) is 29.5. The quantitative estimate of drug-likeness (QED) is 0.216. The first-order chi connectivity index (χ1) is 19.7. The number of likely N-dealkylation sites (N-methyl/N-ethyl adjacent to an activating group) is 2. The van der Waals surface area contributed by atoms with E-state index in [0.29, 0.717) is 47.7 Å². The van der Waals surface area contributed by atoms with Crippen molar-refractivity contribution in [2.45, 2.75) is 0 Å². The molecule has 0 aliphatic carbocycles. The molecule has 2 amide bonds. The van der Waals surface area contributed by atoms with E-state index in [4.69, 9.17) is 4.74 Å². The number of para-hydroxylation sites is 1. The number of hydrogen-bond acceptors (Lipinski definition) is 8. The summed E-state index contributed by atoms with van der Waals surface area (Å²) in [5.74, 6) is 0.905. The number of ether oxygens (including phenoxy) is 1. The van der Waals surface area contributed by atoms with E-state index >= 15 is 0 Å². The Bertz CT molecular complexity index is 1600. The van der Waals surface area contributed by atoms with Crippen LogP contribution >= 0.6 is 0 Å². The van der Waals surface area contributed by atoms with Gasteiger partial charge in [0, 0.05) is 63.6 Å². The van der Waals surface area contributed by atoms with Crippen molar-refractivity contribution < 1.29 is 14.3 Å². The maximum atomic E-state index is 12.3. The molecule has 3 N–H and O–H groups in total. The third-order valence-electron chi connectivity index (χ3n) is 6.56. The second-order valence-corrected chi connectivity index (χ2v) is 9.33. The standard InChI is InChI=1S/C30H34N8O3/c1-7-28(39)33-21-17-22(26(41-6)18-25(21)36(3)15-16-37(4)29(40)8-2)34-30-31-14-13-27(35-30)32-23-19-38(5)24-12-10-9-11-20(23)24/h7-14,17-19H,1-2,15-16H2,3-6H3,(H,33,39)(H2,31,32,34,35). The monoisotopic (exact) mass is 554 g/mol. The number of rotatable bonds is 12. The highest BCUT2D eigenvalue weighted by atomic mass is 16.5. The highest BCUT2D eigenvalue weighted by molar-refractivity contribution is 6.02. The Balaban J connectivity index is 1.61. The number of carbonyl (C=O) groups excluding carboxylic acids is 2. The molecule has 212 valence electrons. The lowest BCUT2D eigenvalue weighted by Gasteiger charge is -2.26. The third kappa shape index (κ3) is 6.64. The summed E-state index contributed by atoms with van der Waals surface area (Å²) in [5, 5.41) is 10.5. The van der Waals surface area contributed by atoms with Crippen molar-refractivity contribution in [1.29, 1.82) is 0 Å². The molecule has 0 unspecified atom stereocenters. The van der Waals surface area contributed by atoms with Crippen LogP contribution in [0.25, 0.3) is 10.9 Å².